The SMILES string of the molecule is [2H]c1cc(-c2ccc3ncnn3c2)c2c(OC)nc(=NC3CCN(C(C)=O)CC3)[nH]n12. The Balaban J connectivity index is 1.57. The van der Waals surface area contributed by atoms with Crippen molar-refractivity contribution >= 4 is 17.1 Å². The van der Waals surface area contributed by atoms with Gasteiger partial charge in [0.25, 0.3) is 0 Å². The number of likely N-dealkylation sites (tertiary alicyclic amines) is 1. The van der Waals surface area contributed by atoms with Gasteiger partial charge in [-0.25, -0.2) is 14.5 Å². The summed E-state index contributed by atoms with van der Waals surface area (Å²) in [5.41, 5.74) is 3.45. The van der Waals surface area contributed by atoms with Gasteiger partial charge in [-0.3, -0.25) is 14.4 Å². The Morgan fingerprint density at radius 2 is 2.17 bits per heavy atom. The van der Waals surface area contributed by atoms with Crippen LogP contribution in [0.3, 0.4) is 0 Å². The van der Waals surface area contributed by atoms with Crippen LogP contribution in [-0.2, 0) is 4.79 Å². The fraction of sp³-hybridized carbons (Fsp3) is 0.350. The van der Waals surface area contributed by atoms with Gasteiger partial charge in [-0.15, -0.1) is 0 Å². The molecule has 1 fully saturated rings. The predicted octanol–water partition coefficient (Wildman–Crippen LogP) is 1.29. The lowest BCUT2D eigenvalue weighted by molar-refractivity contribution is -0.129. The summed E-state index contributed by atoms with van der Waals surface area (Å²) in [6.07, 6.45) is 5.16. The number of piperidine rings is 1. The van der Waals surface area contributed by atoms with Gasteiger partial charge in [0, 0.05) is 43.5 Å². The van der Waals surface area contributed by atoms with Crippen molar-refractivity contribution in [2.75, 3.05) is 20.2 Å². The van der Waals surface area contributed by atoms with Crippen LogP contribution in [0.15, 0.2) is 41.9 Å². The molecule has 4 aromatic heterocycles. The van der Waals surface area contributed by atoms with Crippen molar-refractivity contribution in [2.45, 2.75) is 25.8 Å². The molecule has 0 bridgehead atoms. The number of hydrogen-bond donors (Lipinski definition) is 1. The van der Waals surface area contributed by atoms with E-state index in [9.17, 15) is 4.79 Å². The summed E-state index contributed by atoms with van der Waals surface area (Å²) in [4.78, 5) is 26.8. The number of ether oxygens (including phenoxy) is 1. The van der Waals surface area contributed by atoms with Crippen LogP contribution in [0.4, 0.5) is 0 Å². The fourth-order valence-electron chi connectivity index (χ4n) is 3.83. The van der Waals surface area contributed by atoms with E-state index < -0.39 is 0 Å². The van der Waals surface area contributed by atoms with Gasteiger partial charge in [0.05, 0.1) is 14.5 Å². The van der Waals surface area contributed by atoms with Gasteiger partial charge < -0.3 is 9.64 Å². The third-order valence-corrected chi connectivity index (χ3v) is 5.43. The molecular weight excluding hydrogens is 384 g/mol. The number of amides is 1. The van der Waals surface area contributed by atoms with Crippen LogP contribution in [0.2, 0.25) is 0 Å². The largest absolute Gasteiger partial charge is 0.479 e. The quantitative estimate of drug-likeness (QED) is 0.551. The van der Waals surface area contributed by atoms with E-state index in [4.69, 9.17) is 11.1 Å². The normalized spacial score (nSPS) is 16.4. The topological polar surface area (TPSA) is 105 Å². The number of aromatic nitrogens is 6. The van der Waals surface area contributed by atoms with Gasteiger partial charge in [0.2, 0.25) is 17.4 Å². The van der Waals surface area contributed by atoms with Crippen molar-refractivity contribution in [3.63, 3.8) is 0 Å². The average Bonchev–Trinajstić information content (AvgIpc) is 3.37. The second kappa shape index (κ2) is 7.29. The molecule has 0 aromatic carbocycles. The Morgan fingerprint density at radius 3 is 2.93 bits per heavy atom. The van der Waals surface area contributed by atoms with Gasteiger partial charge in [0.1, 0.15) is 11.8 Å². The molecule has 5 heterocycles. The molecule has 0 radical (unpaired) electrons. The van der Waals surface area contributed by atoms with E-state index in [-0.39, 0.29) is 18.1 Å². The first-order chi connectivity index (χ1) is 15.0. The highest BCUT2D eigenvalue weighted by Gasteiger charge is 2.20. The molecule has 1 amide bonds. The number of fused-ring (bicyclic) bond motifs is 2. The number of nitrogens with one attached hydrogen (secondary N) is 1. The minimum Gasteiger partial charge on any atom is -0.479 e. The summed E-state index contributed by atoms with van der Waals surface area (Å²) in [5, 5.41) is 7.32. The number of carbonyl (C=O) groups is 1. The summed E-state index contributed by atoms with van der Waals surface area (Å²) in [6, 6.07) is 5.61. The van der Waals surface area contributed by atoms with Crippen LogP contribution in [0, 0.1) is 0 Å². The first kappa shape index (κ1) is 17.2. The molecule has 0 unspecified atom stereocenters. The van der Waals surface area contributed by atoms with Crippen LogP contribution >= 0.6 is 0 Å². The van der Waals surface area contributed by atoms with Gasteiger partial charge in [-0.05, 0) is 31.0 Å². The van der Waals surface area contributed by atoms with E-state index in [1.54, 1.807) is 29.1 Å². The molecule has 4 aromatic rings. The van der Waals surface area contributed by atoms with Crippen LogP contribution in [-0.4, -0.2) is 66.2 Å². The van der Waals surface area contributed by atoms with Crippen molar-refractivity contribution in [3.8, 4) is 17.0 Å². The Labute approximate surface area is 173 Å². The first-order valence-electron chi connectivity index (χ1n) is 10.3. The number of H-pyrrole nitrogens is 1. The third kappa shape index (κ3) is 3.19. The summed E-state index contributed by atoms with van der Waals surface area (Å²) in [5.74, 6) is 0.472. The molecule has 10 nitrogen and oxygen atoms in total. The Hall–Kier alpha value is -3.69. The predicted molar refractivity (Wildman–Crippen MR) is 109 cm³/mol. The molecule has 30 heavy (non-hydrogen) atoms. The van der Waals surface area contributed by atoms with E-state index in [1.807, 2.05) is 23.2 Å². The van der Waals surface area contributed by atoms with E-state index in [1.165, 1.54) is 6.33 Å². The molecule has 0 aliphatic carbocycles. The smallest absolute Gasteiger partial charge is 0.243 e. The van der Waals surface area contributed by atoms with E-state index in [0.29, 0.717) is 30.1 Å². The van der Waals surface area contributed by atoms with Crippen LogP contribution in [0.25, 0.3) is 22.3 Å². The summed E-state index contributed by atoms with van der Waals surface area (Å²) in [7, 11) is 1.55. The van der Waals surface area contributed by atoms with Crippen molar-refractivity contribution in [1.82, 2.24) is 34.1 Å². The van der Waals surface area contributed by atoms with Crippen LogP contribution in [0.5, 0.6) is 5.88 Å². The standard InChI is InChI=1S/C20H22N8O2/c1-13(29)26-8-5-15(6-9-26)23-20-24-19(30-2)18-16(7-10-27(18)25-20)14-3-4-17-21-12-22-28(17)11-14/h3-4,7,10-12,15H,5-6,8-9H2,1-2H3,(H,23,25)/i10D. The molecule has 10 heteroatoms. The number of aromatic amines is 1. The molecule has 1 aliphatic heterocycles. The Morgan fingerprint density at radius 1 is 1.33 bits per heavy atom. The number of pyridine rings is 1. The van der Waals surface area contributed by atoms with Crippen molar-refractivity contribution in [3.05, 3.63) is 42.5 Å². The average molecular weight is 407 g/mol. The summed E-state index contributed by atoms with van der Waals surface area (Å²) in [6.45, 7) is 2.96. The molecule has 0 spiro atoms. The van der Waals surface area contributed by atoms with Gasteiger partial charge in [0.15, 0.2) is 5.65 Å². The second-order valence-corrected chi connectivity index (χ2v) is 7.27. The number of rotatable bonds is 3. The van der Waals surface area contributed by atoms with Crippen molar-refractivity contribution in [2.24, 2.45) is 4.99 Å². The third-order valence-electron chi connectivity index (χ3n) is 5.43. The van der Waals surface area contributed by atoms with Gasteiger partial charge in [-0.1, -0.05) is 0 Å². The number of nitrogens with zero attached hydrogens (tertiary/aromatic N) is 7. The van der Waals surface area contributed by atoms with Crippen LogP contribution in [0.1, 0.15) is 21.1 Å². The minimum absolute atomic E-state index is 0.0560. The van der Waals surface area contributed by atoms with E-state index >= 15 is 0 Å². The number of hydrogen-bond acceptors (Lipinski definition) is 6. The molecular formula is C20H22N8O2. The molecule has 5 rings (SSSR count). The molecule has 1 N–H and O–H groups in total. The molecule has 0 saturated carbocycles. The lowest BCUT2D eigenvalue weighted by atomic mass is 10.1. The molecule has 1 aliphatic rings. The van der Waals surface area contributed by atoms with E-state index in [0.717, 1.165) is 29.6 Å². The van der Waals surface area contributed by atoms with Crippen molar-refractivity contribution in [1.29, 1.82) is 0 Å². The van der Waals surface area contributed by atoms with E-state index in [2.05, 4.69) is 20.2 Å². The molecule has 0 atom stereocenters. The van der Waals surface area contributed by atoms with Gasteiger partial charge in [-0.2, -0.15) is 10.1 Å². The second-order valence-electron chi connectivity index (χ2n) is 7.27. The summed E-state index contributed by atoms with van der Waals surface area (Å²) < 4.78 is 17.3. The highest BCUT2D eigenvalue weighted by atomic mass is 16.5. The van der Waals surface area contributed by atoms with Crippen LogP contribution < -0.4 is 10.4 Å². The maximum Gasteiger partial charge on any atom is 0.243 e. The number of carbonyl (C=O) groups excluding carboxylic acids is 1. The Kier molecular flexibility index (Phi) is 4.18. The zero-order valence-corrected chi connectivity index (χ0v) is 16.7. The summed E-state index contributed by atoms with van der Waals surface area (Å²) >= 11 is 0. The molecule has 1 saturated heterocycles. The highest BCUT2D eigenvalue weighted by molar-refractivity contribution is 5.84. The minimum atomic E-state index is 0.0560. The van der Waals surface area contributed by atoms with Crippen molar-refractivity contribution < 1.29 is 10.9 Å². The number of methoxy groups -OCH3 is 1. The lowest BCUT2D eigenvalue weighted by Crippen LogP contribution is -2.39. The fourth-order valence-corrected chi connectivity index (χ4v) is 3.83. The zero-order valence-electron chi connectivity index (χ0n) is 17.7. The first-order valence-corrected chi connectivity index (χ1v) is 9.79. The highest BCUT2D eigenvalue weighted by Crippen LogP contribution is 2.29. The monoisotopic (exact) mass is 407 g/mol. The zero-order chi connectivity index (χ0) is 21.5. The maximum absolute atomic E-state index is 11.5. The maximum atomic E-state index is 11.5. The lowest BCUT2D eigenvalue weighted by Gasteiger charge is -2.29. The molecule has 154 valence electrons. The Bertz CT molecular complexity index is 1350. The van der Waals surface area contributed by atoms with Gasteiger partial charge >= 0.3 is 0 Å².